The highest BCUT2D eigenvalue weighted by Crippen LogP contribution is 2.36. The van der Waals surface area contributed by atoms with Crippen molar-refractivity contribution in [1.29, 1.82) is 0 Å². The number of urea groups is 1. The van der Waals surface area contributed by atoms with Gasteiger partial charge in [0.2, 0.25) is 0 Å². The Morgan fingerprint density at radius 2 is 2.00 bits per heavy atom. The zero-order valence-corrected chi connectivity index (χ0v) is 13.3. The molecular formula is C16H20N2O5. The summed E-state index contributed by atoms with van der Waals surface area (Å²) in [7, 11) is 0. The monoisotopic (exact) mass is 320 g/mol. The van der Waals surface area contributed by atoms with Gasteiger partial charge in [0.1, 0.15) is 18.8 Å². The summed E-state index contributed by atoms with van der Waals surface area (Å²) in [6.07, 6.45) is 0. The molecule has 1 atom stereocenters. The van der Waals surface area contributed by atoms with Gasteiger partial charge in [-0.05, 0) is 31.5 Å². The molecule has 1 aromatic rings. The van der Waals surface area contributed by atoms with Crippen LogP contribution in [0.1, 0.15) is 19.4 Å². The molecule has 2 aliphatic heterocycles. The predicted molar refractivity (Wildman–Crippen MR) is 81.5 cm³/mol. The molecule has 1 aromatic carbocycles. The summed E-state index contributed by atoms with van der Waals surface area (Å²) in [5, 5.41) is 2.77. The fraction of sp³-hybridized carbons (Fsp3) is 0.500. The van der Waals surface area contributed by atoms with Gasteiger partial charge in [-0.15, -0.1) is 0 Å². The first-order valence-corrected chi connectivity index (χ1v) is 7.68. The second kappa shape index (κ2) is 6.08. The maximum absolute atomic E-state index is 12.7. The Labute approximate surface area is 134 Å². The van der Waals surface area contributed by atoms with Crippen molar-refractivity contribution in [2.45, 2.75) is 19.4 Å². The van der Waals surface area contributed by atoms with Crippen LogP contribution in [0, 0.1) is 0 Å². The third kappa shape index (κ3) is 2.72. The van der Waals surface area contributed by atoms with Crippen LogP contribution in [0.2, 0.25) is 0 Å². The van der Waals surface area contributed by atoms with Crippen LogP contribution in [0.25, 0.3) is 0 Å². The van der Waals surface area contributed by atoms with Crippen LogP contribution in [0.3, 0.4) is 0 Å². The first-order chi connectivity index (χ1) is 11.1. The molecule has 3 rings (SSSR count). The van der Waals surface area contributed by atoms with Crippen molar-refractivity contribution < 1.29 is 23.8 Å². The molecular weight excluding hydrogens is 300 g/mol. The van der Waals surface area contributed by atoms with E-state index in [0.29, 0.717) is 43.5 Å². The van der Waals surface area contributed by atoms with Crippen LogP contribution in [-0.2, 0) is 15.1 Å². The first kappa shape index (κ1) is 15.6. The smallest absolute Gasteiger partial charge is 0.325 e. The molecule has 0 saturated carbocycles. The Kier molecular flexibility index (Phi) is 4.12. The number of imide groups is 1. The Morgan fingerprint density at radius 1 is 1.26 bits per heavy atom. The van der Waals surface area contributed by atoms with Crippen LogP contribution in [-0.4, -0.2) is 49.8 Å². The van der Waals surface area contributed by atoms with E-state index >= 15 is 0 Å². The Morgan fingerprint density at radius 3 is 2.74 bits per heavy atom. The molecule has 0 unspecified atom stereocenters. The zero-order valence-electron chi connectivity index (χ0n) is 13.3. The fourth-order valence-electron chi connectivity index (χ4n) is 2.75. The Bertz CT molecular complexity index is 633. The number of carbonyl (C=O) groups excluding carboxylic acids is 2. The summed E-state index contributed by atoms with van der Waals surface area (Å²) < 4.78 is 16.3. The molecule has 0 bridgehead atoms. The highest BCUT2D eigenvalue weighted by Gasteiger charge is 2.49. The number of rotatable bonds is 5. The molecule has 1 N–H and O–H groups in total. The van der Waals surface area contributed by atoms with E-state index in [1.807, 2.05) is 6.92 Å². The van der Waals surface area contributed by atoms with E-state index in [0.717, 1.165) is 0 Å². The van der Waals surface area contributed by atoms with Gasteiger partial charge in [0.05, 0.1) is 13.2 Å². The minimum atomic E-state index is -1.11. The van der Waals surface area contributed by atoms with E-state index in [1.54, 1.807) is 25.1 Å². The van der Waals surface area contributed by atoms with Crippen molar-refractivity contribution in [2.75, 3.05) is 33.0 Å². The van der Waals surface area contributed by atoms with Crippen molar-refractivity contribution in [2.24, 2.45) is 0 Å². The summed E-state index contributed by atoms with van der Waals surface area (Å²) >= 11 is 0. The van der Waals surface area contributed by atoms with Gasteiger partial charge in [-0.1, -0.05) is 6.07 Å². The second-order valence-electron chi connectivity index (χ2n) is 5.57. The van der Waals surface area contributed by atoms with E-state index < -0.39 is 11.6 Å². The molecule has 0 aromatic heterocycles. The number of amides is 3. The van der Waals surface area contributed by atoms with Crippen molar-refractivity contribution in [1.82, 2.24) is 10.2 Å². The number of nitrogens with one attached hydrogen (secondary N) is 1. The minimum Gasteiger partial charge on any atom is -0.486 e. The van der Waals surface area contributed by atoms with Gasteiger partial charge in [0.15, 0.2) is 11.5 Å². The quantitative estimate of drug-likeness (QED) is 0.653. The largest absolute Gasteiger partial charge is 0.486 e. The Balaban J connectivity index is 1.84. The SMILES string of the molecule is CCOCCN1C(=O)N[C@@](C)(c2ccc3c(c2)OCCO3)C1=O. The number of fused-ring (bicyclic) bond motifs is 1. The highest BCUT2D eigenvalue weighted by atomic mass is 16.6. The maximum atomic E-state index is 12.7. The lowest BCUT2D eigenvalue weighted by Gasteiger charge is -2.25. The molecule has 2 aliphatic rings. The lowest BCUT2D eigenvalue weighted by molar-refractivity contribution is -0.131. The van der Waals surface area contributed by atoms with Gasteiger partial charge in [-0.3, -0.25) is 9.69 Å². The first-order valence-electron chi connectivity index (χ1n) is 7.68. The van der Waals surface area contributed by atoms with Crippen molar-refractivity contribution in [3.63, 3.8) is 0 Å². The predicted octanol–water partition coefficient (Wildman–Crippen LogP) is 1.26. The van der Waals surface area contributed by atoms with Crippen LogP contribution < -0.4 is 14.8 Å². The number of ether oxygens (including phenoxy) is 3. The topological polar surface area (TPSA) is 77.1 Å². The molecule has 23 heavy (non-hydrogen) atoms. The molecule has 7 heteroatoms. The standard InChI is InChI=1S/C16H20N2O5/c1-3-21-7-6-18-14(19)16(2,17-15(18)20)11-4-5-12-13(10-11)23-9-8-22-12/h4-5,10H,3,6-9H2,1-2H3,(H,17,20)/t16-/m0/s1. The lowest BCUT2D eigenvalue weighted by atomic mass is 9.91. The summed E-state index contributed by atoms with van der Waals surface area (Å²) in [4.78, 5) is 26.0. The maximum Gasteiger partial charge on any atom is 0.325 e. The average Bonchev–Trinajstić information content (AvgIpc) is 2.78. The van der Waals surface area contributed by atoms with E-state index in [9.17, 15) is 9.59 Å². The van der Waals surface area contributed by atoms with E-state index in [-0.39, 0.29) is 12.5 Å². The van der Waals surface area contributed by atoms with Crippen molar-refractivity contribution >= 4 is 11.9 Å². The molecule has 0 spiro atoms. The summed E-state index contributed by atoms with van der Waals surface area (Å²) in [5.74, 6) is 0.942. The molecule has 1 saturated heterocycles. The molecule has 124 valence electrons. The average molecular weight is 320 g/mol. The van der Waals surface area contributed by atoms with Crippen LogP contribution in [0.5, 0.6) is 11.5 Å². The van der Waals surface area contributed by atoms with Gasteiger partial charge in [0.25, 0.3) is 5.91 Å². The van der Waals surface area contributed by atoms with Gasteiger partial charge < -0.3 is 19.5 Å². The lowest BCUT2D eigenvalue weighted by Crippen LogP contribution is -2.41. The van der Waals surface area contributed by atoms with Crippen LogP contribution >= 0.6 is 0 Å². The van der Waals surface area contributed by atoms with Gasteiger partial charge in [0, 0.05) is 6.61 Å². The van der Waals surface area contributed by atoms with Crippen LogP contribution in [0.15, 0.2) is 18.2 Å². The Hall–Kier alpha value is -2.28. The van der Waals surface area contributed by atoms with Gasteiger partial charge in [-0.2, -0.15) is 0 Å². The molecule has 2 heterocycles. The summed E-state index contributed by atoms with van der Waals surface area (Å²) in [6.45, 7) is 5.64. The van der Waals surface area contributed by atoms with Gasteiger partial charge in [-0.25, -0.2) is 4.79 Å². The minimum absolute atomic E-state index is 0.235. The van der Waals surface area contributed by atoms with E-state index in [2.05, 4.69) is 5.32 Å². The third-order valence-electron chi connectivity index (χ3n) is 4.06. The molecule has 7 nitrogen and oxygen atoms in total. The number of hydrogen-bond donors (Lipinski definition) is 1. The number of benzene rings is 1. The van der Waals surface area contributed by atoms with E-state index in [4.69, 9.17) is 14.2 Å². The number of carbonyl (C=O) groups is 2. The second-order valence-corrected chi connectivity index (χ2v) is 5.57. The van der Waals surface area contributed by atoms with Gasteiger partial charge >= 0.3 is 6.03 Å². The van der Waals surface area contributed by atoms with Crippen LogP contribution in [0.4, 0.5) is 4.79 Å². The number of hydrogen-bond acceptors (Lipinski definition) is 5. The summed E-state index contributed by atoms with van der Waals surface area (Å²) in [5.41, 5.74) is -0.446. The molecule has 1 fully saturated rings. The number of nitrogens with zero attached hydrogens (tertiary/aromatic N) is 1. The van der Waals surface area contributed by atoms with Crippen molar-refractivity contribution in [3.05, 3.63) is 23.8 Å². The van der Waals surface area contributed by atoms with Crippen molar-refractivity contribution in [3.8, 4) is 11.5 Å². The normalized spacial score (nSPS) is 23.1. The highest BCUT2D eigenvalue weighted by molar-refractivity contribution is 6.07. The van der Waals surface area contributed by atoms with E-state index in [1.165, 1.54) is 4.90 Å². The molecule has 0 aliphatic carbocycles. The molecule has 3 amide bonds. The summed E-state index contributed by atoms with van der Waals surface area (Å²) in [6, 6.07) is 4.88. The zero-order chi connectivity index (χ0) is 16.4. The fourth-order valence-corrected chi connectivity index (χ4v) is 2.75. The molecule has 0 radical (unpaired) electrons. The third-order valence-corrected chi connectivity index (χ3v) is 4.06.